The third kappa shape index (κ3) is 4.10. The summed E-state index contributed by atoms with van der Waals surface area (Å²) in [7, 11) is 1.51. The monoisotopic (exact) mass is 508 g/mol. The molecule has 0 saturated carbocycles. The van der Waals surface area contributed by atoms with Gasteiger partial charge in [0.2, 0.25) is 11.5 Å². The summed E-state index contributed by atoms with van der Waals surface area (Å²) in [6.07, 6.45) is 1.30. The first-order valence-electron chi connectivity index (χ1n) is 12.3. The lowest BCUT2D eigenvalue weighted by atomic mass is 9.94. The smallest absolute Gasteiger partial charge is 0.418 e. The van der Waals surface area contributed by atoms with Gasteiger partial charge in [-0.3, -0.25) is 9.59 Å². The Labute approximate surface area is 213 Å². The van der Waals surface area contributed by atoms with E-state index in [0.29, 0.717) is 24.1 Å². The Kier molecular flexibility index (Phi) is 5.92. The van der Waals surface area contributed by atoms with Crippen molar-refractivity contribution in [2.45, 2.75) is 56.7 Å². The highest BCUT2D eigenvalue weighted by Crippen LogP contribution is 2.47. The number of anilines is 1. The van der Waals surface area contributed by atoms with Crippen molar-refractivity contribution in [3.05, 3.63) is 65.0 Å². The van der Waals surface area contributed by atoms with Gasteiger partial charge in [0.05, 0.1) is 6.04 Å². The molecule has 1 unspecified atom stereocenters. The predicted octanol–water partition coefficient (Wildman–Crippen LogP) is 3.84. The van der Waals surface area contributed by atoms with E-state index in [1.54, 1.807) is 35.2 Å². The molecule has 2 atom stereocenters. The van der Waals surface area contributed by atoms with Crippen molar-refractivity contribution >= 4 is 29.6 Å². The van der Waals surface area contributed by atoms with Crippen molar-refractivity contribution in [2.75, 3.05) is 18.9 Å². The van der Waals surface area contributed by atoms with Crippen molar-refractivity contribution in [2.24, 2.45) is 0 Å². The maximum Gasteiger partial charge on any atom is 0.418 e. The molecule has 10 heteroatoms. The number of rotatable bonds is 4. The number of hydrogen-bond donors (Lipinski definition) is 2. The third-order valence-electron chi connectivity index (χ3n) is 7.65. The Morgan fingerprint density at radius 1 is 1.11 bits per heavy atom. The van der Waals surface area contributed by atoms with E-state index in [-0.39, 0.29) is 30.2 Å². The van der Waals surface area contributed by atoms with Crippen LogP contribution in [0.1, 0.15) is 55.8 Å². The molecule has 0 bridgehead atoms. The number of nitrogens with one attached hydrogen (secondary N) is 2. The maximum absolute atomic E-state index is 13.6. The standard InChI is InChI=1S/C27H29FN4O5/c1-26(2)12-11-21(16-4-6-18(28)7-5-16)32(26)22(33)15-31-23(34)27(37-25(31)36)13-10-17-14-19(8-9-20(17)27)30-24(35)29-3/h4-9,14,21H,10-13,15H2,1-3H3,(H2,29,30,35)/t21?,27-/m1/s1. The normalized spacial score (nSPS) is 23.8. The van der Waals surface area contributed by atoms with Crippen molar-refractivity contribution in [3.8, 4) is 0 Å². The molecule has 2 fully saturated rings. The van der Waals surface area contributed by atoms with Gasteiger partial charge < -0.3 is 20.3 Å². The number of benzene rings is 2. The second kappa shape index (κ2) is 8.86. The largest absolute Gasteiger partial charge is 0.427 e. The van der Waals surface area contributed by atoms with Gasteiger partial charge in [-0.15, -0.1) is 0 Å². The molecule has 194 valence electrons. The topological polar surface area (TPSA) is 108 Å². The second-order valence-corrected chi connectivity index (χ2v) is 10.3. The summed E-state index contributed by atoms with van der Waals surface area (Å²) in [4.78, 5) is 54.3. The molecule has 0 radical (unpaired) electrons. The molecule has 2 heterocycles. The molecule has 9 nitrogen and oxygen atoms in total. The van der Waals surface area contributed by atoms with Crippen molar-refractivity contribution in [1.29, 1.82) is 0 Å². The number of amides is 5. The molecule has 5 amide bonds. The molecule has 0 aromatic heterocycles. The first kappa shape index (κ1) is 24.7. The maximum atomic E-state index is 13.6. The molecule has 2 saturated heterocycles. The SMILES string of the molecule is CNC(=O)Nc1ccc2c(c1)CC[C@@]21OC(=O)N(CC(=O)N2C(c3ccc(F)cc3)CCC2(C)C)C1=O. The number of fused-ring (bicyclic) bond motifs is 2. The lowest BCUT2D eigenvalue weighted by Crippen LogP contribution is -2.50. The third-order valence-corrected chi connectivity index (χ3v) is 7.65. The van der Waals surface area contributed by atoms with Crippen LogP contribution in [0.4, 0.5) is 19.7 Å². The summed E-state index contributed by atoms with van der Waals surface area (Å²) in [6.45, 7) is 3.45. The van der Waals surface area contributed by atoms with Crippen LogP contribution in [0, 0.1) is 5.82 Å². The highest BCUT2D eigenvalue weighted by molar-refractivity contribution is 6.06. The van der Waals surface area contributed by atoms with E-state index in [1.165, 1.54) is 19.2 Å². The van der Waals surface area contributed by atoms with Crippen LogP contribution in [0.3, 0.4) is 0 Å². The fraction of sp³-hybridized carbons (Fsp3) is 0.407. The van der Waals surface area contributed by atoms with Gasteiger partial charge >= 0.3 is 12.1 Å². The van der Waals surface area contributed by atoms with Gasteiger partial charge in [0, 0.05) is 30.3 Å². The zero-order valence-electron chi connectivity index (χ0n) is 21.0. The number of nitrogens with zero attached hydrogens (tertiary/aromatic N) is 2. The second-order valence-electron chi connectivity index (χ2n) is 10.3. The van der Waals surface area contributed by atoms with Gasteiger partial charge in [0.25, 0.3) is 5.91 Å². The number of likely N-dealkylation sites (tertiary alicyclic amines) is 1. The number of carbonyl (C=O) groups is 4. The molecule has 2 aromatic carbocycles. The lowest BCUT2D eigenvalue weighted by Gasteiger charge is -2.37. The molecule has 2 aromatic rings. The zero-order valence-corrected chi connectivity index (χ0v) is 21.0. The van der Waals surface area contributed by atoms with E-state index in [2.05, 4.69) is 10.6 Å². The van der Waals surface area contributed by atoms with E-state index in [9.17, 15) is 23.6 Å². The Balaban J connectivity index is 1.37. The van der Waals surface area contributed by atoms with E-state index < -0.39 is 29.7 Å². The molecular weight excluding hydrogens is 479 g/mol. The molecule has 1 spiro atoms. The first-order chi connectivity index (χ1) is 17.6. The van der Waals surface area contributed by atoms with E-state index in [1.807, 2.05) is 13.8 Å². The van der Waals surface area contributed by atoms with Crippen LogP contribution < -0.4 is 10.6 Å². The molecule has 5 rings (SSSR count). The number of aryl methyl sites for hydroxylation is 1. The number of ether oxygens (including phenoxy) is 1. The van der Waals surface area contributed by atoms with Crippen LogP contribution in [0.5, 0.6) is 0 Å². The van der Waals surface area contributed by atoms with Gasteiger partial charge in [0.15, 0.2) is 0 Å². The van der Waals surface area contributed by atoms with E-state index in [4.69, 9.17) is 4.74 Å². The minimum absolute atomic E-state index is 0.258. The fourth-order valence-electron chi connectivity index (χ4n) is 5.81. The molecular formula is C27H29FN4O5. The predicted molar refractivity (Wildman–Crippen MR) is 132 cm³/mol. The lowest BCUT2D eigenvalue weighted by molar-refractivity contribution is -0.144. The summed E-state index contributed by atoms with van der Waals surface area (Å²) >= 11 is 0. The molecule has 1 aliphatic carbocycles. The minimum Gasteiger partial charge on any atom is -0.427 e. The quantitative estimate of drug-likeness (QED) is 0.653. The van der Waals surface area contributed by atoms with Gasteiger partial charge in [-0.2, -0.15) is 0 Å². The summed E-state index contributed by atoms with van der Waals surface area (Å²) < 4.78 is 19.2. The van der Waals surface area contributed by atoms with Gasteiger partial charge in [-0.05, 0) is 68.5 Å². The van der Waals surface area contributed by atoms with Crippen molar-refractivity contribution < 1.29 is 28.3 Å². The minimum atomic E-state index is -1.48. The Bertz CT molecular complexity index is 1290. The average Bonchev–Trinajstić information content (AvgIpc) is 3.46. The van der Waals surface area contributed by atoms with Crippen molar-refractivity contribution in [3.63, 3.8) is 0 Å². The zero-order chi connectivity index (χ0) is 26.5. The number of carbonyl (C=O) groups excluding carboxylic acids is 4. The molecule has 3 aliphatic rings. The van der Waals surface area contributed by atoms with E-state index in [0.717, 1.165) is 22.4 Å². The number of imide groups is 1. The van der Waals surface area contributed by atoms with E-state index >= 15 is 0 Å². The molecule has 2 aliphatic heterocycles. The van der Waals surface area contributed by atoms with Crippen LogP contribution in [0.15, 0.2) is 42.5 Å². The first-order valence-corrected chi connectivity index (χ1v) is 12.3. The van der Waals surface area contributed by atoms with Gasteiger partial charge in [-0.25, -0.2) is 18.9 Å². The van der Waals surface area contributed by atoms with Crippen LogP contribution >= 0.6 is 0 Å². The van der Waals surface area contributed by atoms with Crippen LogP contribution in [-0.2, 0) is 26.3 Å². The number of urea groups is 1. The summed E-state index contributed by atoms with van der Waals surface area (Å²) in [5.41, 5.74) is 0.735. The Morgan fingerprint density at radius 3 is 2.54 bits per heavy atom. The van der Waals surface area contributed by atoms with Crippen LogP contribution in [0.25, 0.3) is 0 Å². The summed E-state index contributed by atoms with van der Waals surface area (Å²) in [6, 6.07) is 10.5. The van der Waals surface area contributed by atoms with Gasteiger partial charge in [-0.1, -0.05) is 18.2 Å². The summed E-state index contributed by atoms with van der Waals surface area (Å²) in [5, 5.41) is 5.17. The van der Waals surface area contributed by atoms with Crippen LogP contribution in [0.2, 0.25) is 0 Å². The number of halogens is 1. The molecule has 37 heavy (non-hydrogen) atoms. The fourth-order valence-corrected chi connectivity index (χ4v) is 5.81. The average molecular weight is 509 g/mol. The Hall–Kier alpha value is -3.95. The van der Waals surface area contributed by atoms with Gasteiger partial charge in [0.1, 0.15) is 12.4 Å². The van der Waals surface area contributed by atoms with Crippen molar-refractivity contribution in [1.82, 2.24) is 15.1 Å². The molecule has 2 N–H and O–H groups in total. The summed E-state index contributed by atoms with van der Waals surface area (Å²) in [5.74, 6) is -1.29. The van der Waals surface area contributed by atoms with Crippen LogP contribution in [-0.4, -0.2) is 52.9 Å². The highest BCUT2D eigenvalue weighted by Gasteiger charge is 2.59. The Morgan fingerprint density at radius 2 is 1.84 bits per heavy atom. The number of hydrogen-bond acceptors (Lipinski definition) is 5. The highest BCUT2D eigenvalue weighted by atomic mass is 19.1.